The molecule has 0 spiro atoms. The van der Waals surface area contributed by atoms with Crippen molar-refractivity contribution in [1.29, 1.82) is 0 Å². The van der Waals surface area contributed by atoms with Crippen LogP contribution in [0.3, 0.4) is 0 Å². The summed E-state index contributed by atoms with van der Waals surface area (Å²) in [5, 5.41) is 11.6. The zero-order valence-corrected chi connectivity index (χ0v) is 11.5. The van der Waals surface area contributed by atoms with Crippen LogP contribution in [0.4, 0.5) is 5.13 Å². The van der Waals surface area contributed by atoms with Crippen molar-refractivity contribution in [2.75, 3.05) is 33.2 Å². The van der Waals surface area contributed by atoms with Crippen molar-refractivity contribution in [2.24, 2.45) is 0 Å². The highest BCUT2D eigenvalue weighted by Gasteiger charge is 2.36. The number of nitrogens with one attached hydrogen (secondary N) is 1. The van der Waals surface area contributed by atoms with E-state index in [0.29, 0.717) is 0 Å². The van der Waals surface area contributed by atoms with E-state index >= 15 is 0 Å². The van der Waals surface area contributed by atoms with Gasteiger partial charge in [0, 0.05) is 33.9 Å². The quantitative estimate of drug-likeness (QED) is 0.562. The number of hydrogen-bond acceptors (Lipinski definition) is 7. The SMILES string of the molecule is CO[Si](CCCNc1nncs1)(OC)OC. The van der Waals surface area contributed by atoms with E-state index in [2.05, 4.69) is 15.5 Å². The lowest BCUT2D eigenvalue weighted by atomic mass is 10.5. The van der Waals surface area contributed by atoms with Gasteiger partial charge in [-0.3, -0.25) is 0 Å². The summed E-state index contributed by atoms with van der Waals surface area (Å²) in [6.45, 7) is 0.806. The highest BCUT2D eigenvalue weighted by Crippen LogP contribution is 2.15. The minimum absolute atomic E-state index is 0.780. The fourth-order valence-corrected chi connectivity index (χ4v) is 3.50. The second-order valence-electron chi connectivity index (χ2n) is 3.07. The Labute approximate surface area is 100 Å². The van der Waals surface area contributed by atoms with Crippen LogP contribution in [0.5, 0.6) is 0 Å². The molecule has 0 radical (unpaired) electrons. The number of rotatable bonds is 8. The van der Waals surface area contributed by atoms with E-state index in [4.69, 9.17) is 13.3 Å². The van der Waals surface area contributed by atoms with E-state index in [1.807, 2.05) is 0 Å². The highest BCUT2D eigenvalue weighted by atomic mass is 32.1. The molecule has 0 aromatic carbocycles. The molecule has 0 saturated carbocycles. The van der Waals surface area contributed by atoms with Gasteiger partial charge >= 0.3 is 8.80 Å². The molecule has 1 heterocycles. The minimum atomic E-state index is -2.41. The Balaban J connectivity index is 2.23. The Morgan fingerprint density at radius 3 is 2.50 bits per heavy atom. The Hall–Kier alpha value is -0.543. The Kier molecular flexibility index (Phi) is 5.84. The third kappa shape index (κ3) is 3.80. The van der Waals surface area contributed by atoms with Crippen LogP contribution < -0.4 is 5.32 Å². The second kappa shape index (κ2) is 6.92. The molecular weight excluding hydrogens is 246 g/mol. The maximum absolute atomic E-state index is 5.31. The third-order valence-corrected chi connectivity index (χ3v) is 5.71. The summed E-state index contributed by atoms with van der Waals surface area (Å²) in [5.41, 5.74) is 1.70. The first-order chi connectivity index (χ1) is 7.76. The molecule has 0 aliphatic heterocycles. The van der Waals surface area contributed by atoms with Gasteiger partial charge in [0.15, 0.2) is 0 Å². The van der Waals surface area contributed by atoms with Gasteiger partial charge in [0.2, 0.25) is 5.13 Å². The number of nitrogens with zero attached hydrogens (tertiary/aromatic N) is 2. The van der Waals surface area contributed by atoms with Gasteiger partial charge in [0.25, 0.3) is 0 Å². The van der Waals surface area contributed by atoms with Crippen LogP contribution in [0.15, 0.2) is 5.51 Å². The smallest absolute Gasteiger partial charge is 0.377 e. The lowest BCUT2D eigenvalue weighted by molar-refractivity contribution is 0.123. The molecular formula is C8H17N3O3SSi. The molecule has 8 heteroatoms. The van der Waals surface area contributed by atoms with Crippen LogP contribution in [0.2, 0.25) is 6.04 Å². The van der Waals surface area contributed by atoms with Gasteiger partial charge in [0.1, 0.15) is 5.51 Å². The fraction of sp³-hybridized carbons (Fsp3) is 0.750. The summed E-state index contributed by atoms with van der Waals surface area (Å²) >= 11 is 1.48. The summed E-state index contributed by atoms with van der Waals surface area (Å²) in [6, 6.07) is 0.780. The van der Waals surface area contributed by atoms with Gasteiger partial charge in [-0.2, -0.15) is 0 Å². The normalized spacial score (nSPS) is 11.7. The van der Waals surface area contributed by atoms with Gasteiger partial charge in [0.05, 0.1) is 0 Å². The number of anilines is 1. The van der Waals surface area contributed by atoms with Crippen molar-refractivity contribution < 1.29 is 13.3 Å². The first-order valence-corrected chi connectivity index (χ1v) is 7.73. The fourth-order valence-electron chi connectivity index (χ4n) is 1.31. The Bertz CT molecular complexity index is 274. The molecule has 1 rings (SSSR count). The summed E-state index contributed by atoms with van der Waals surface area (Å²) in [7, 11) is 2.46. The van der Waals surface area contributed by atoms with Crippen LogP contribution in [0.25, 0.3) is 0 Å². The maximum Gasteiger partial charge on any atom is 0.500 e. The van der Waals surface area contributed by atoms with Crippen LogP contribution >= 0.6 is 11.3 Å². The molecule has 92 valence electrons. The molecule has 0 aliphatic rings. The molecule has 0 saturated heterocycles. The molecule has 6 nitrogen and oxygen atoms in total. The van der Waals surface area contributed by atoms with Gasteiger partial charge in [-0.1, -0.05) is 11.3 Å². The molecule has 0 fully saturated rings. The average molecular weight is 263 g/mol. The molecule has 0 atom stereocenters. The topological polar surface area (TPSA) is 65.5 Å². The van der Waals surface area contributed by atoms with E-state index in [-0.39, 0.29) is 0 Å². The predicted octanol–water partition coefficient (Wildman–Crippen LogP) is 1.22. The van der Waals surface area contributed by atoms with E-state index in [0.717, 1.165) is 24.1 Å². The summed E-state index contributed by atoms with van der Waals surface area (Å²) < 4.78 is 15.9. The molecule has 0 amide bonds. The van der Waals surface area contributed by atoms with Crippen LogP contribution in [-0.2, 0) is 13.3 Å². The van der Waals surface area contributed by atoms with Gasteiger partial charge in [-0.25, -0.2) is 0 Å². The van der Waals surface area contributed by atoms with Crippen molar-refractivity contribution in [1.82, 2.24) is 10.2 Å². The molecule has 1 aromatic rings. The summed E-state index contributed by atoms with van der Waals surface area (Å²) in [4.78, 5) is 0. The highest BCUT2D eigenvalue weighted by molar-refractivity contribution is 7.13. The maximum atomic E-state index is 5.31. The van der Waals surface area contributed by atoms with Gasteiger partial charge in [-0.15, -0.1) is 10.2 Å². The molecule has 0 bridgehead atoms. The lowest BCUT2D eigenvalue weighted by Crippen LogP contribution is -2.42. The van der Waals surface area contributed by atoms with Crippen molar-refractivity contribution in [2.45, 2.75) is 12.5 Å². The van der Waals surface area contributed by atoms with Crippen molar-refractivity contribution >= 4 is 25.3 Å². The molecule has 0 aliphatic carbocycles. The van der Waals surface area contributed by atoms with Crippen LogP contribution in [0, 0.1) is 0 Å². The zero-order chi connectivity index (χ0) is 11.9. The van der Waals surface area contributed by atoms with Gasteiger partial charge < -0.3 is 18.6 Å². The molecule has 0 unspecified atom stereocenters. The average Bonchev–Trinajstić information content (AvgIpc) is 2.83. The third-order valence-electron chi connectivity index (χ3n) is 2.23. The largest absolute Gasteiger partial charge is 0.500 e. The molecule has 16 heavy (non-hydrogen) atoms. The summed E-state index contributed by atoms with van der Waals surface area (Å²) in [5.74, 6) is 0. The molecule has 1 aromatic heterocycles. The number of hydrogen-bond donors (Lipinski definition) is 1. The lowest BCUT2D eigenvalue weighted by Gasteiger charge is -2.24. The van der Waals surface area contributed by atoms with E-state index in [1.165, 1.54) is 11.3 Å². The van der Waals surface area contributed by atoms with Crippen LogP contribution in [-0.4, -0.2) is 46.9 Å². The Morgan fingerprint density at radius 1 is 1.31 bits per heavy atom. The standard InChI is InChI=1S/C8H17N3O3SSi/c1-12-16(13-2,14-3)6-4-5-9-8-11-10-7-15-8/h7H,4-6H2,1-3H3,(H,9,11). The van der Waals surface area contributed by atoms with E-state index < -0.39 is 8.80 Å². The summed E-state index contributed by atoms with van der Waals surface area (Å²) in [6.07, 6.45) is 0.904. The van der Waals surface area contributed by atoms with Crippen molar-refractivity contribution in [3.05, 3.63) is 5.51 Å². The van der Waals surface area contributed by atoms with E-state index in [9.17, 15) is 0 Å². The zero-order valence-electron chi connectivity index (χ0n) is 9.73. The van der Waals surface area contributed by atoms with Crippen molar-refractivity contribution in [3.63, 3.8) is 0 Å². The minimum Gasteiger partial charge on any atom is -0.377 e. The predicted molar refractivity (Wildman–Crippen MR) is 64.6 cm³/mol. The second-order valence-corrected chi connectivity index (χ2v) is 6.99. The van der Waals surface area contributed by atoms with Gasteiger partial charge in [-0.05, 0) is 6.42 Å². The monoisotopic (exact) mass is 263 g/mol. The van der Waals surface area contributed by atoms with E-state index in [1.54, 1.807) is 26.8 Å². The van der Waals surface area contributed by atoms with Crippen molar-refractivity contribution in [3.8, 4) is 0 Å². The number of aromatic nitrogens is 2. The molecule has 1 N–H and O–H groups in total. The first kappa shape index (κ1) is 13.5. The Morgan fingerprint density at radius 2 is 2.00 bits per heavy atom. The van der Waals surface area contributed by atoms with Crippen LogP contribution in [0.1, 0.15) is 6.42 Å². The first-order valence-electron chi connectivity index (χ1n) is 4.92.